The minimum absolute atomic E-state index is 0.130. The second kappa shape index (κ2) is 8.82. The van der Waals surface area contributed by atoms with Crippen LogP contribution in [0.2, 0.25) is 0 Å². The Morgan fingerprint density at radius 3 is 2.67 bits per heavy atom. The summed E-state index contributed by atoms with van der Waals surface area (Å²) in [6.07, 6.45) is 4.71. The summed E-state index contributed by atoms with van der Waals surface area (Å²) in [6, 6.07) is 11.5. The third-order valence-corrected chi connectivity index (χ3v) is 4.95. The minimum atomic E-state index is -0.165. The molecule has 2 aromatic carbocycles. The van der Waals surface area contributed by atoms with E-state index in [0.29, 0.717) is 17.9 Å². The van der Waals surface area contributed by atoms with Crippen molar-refractivity contribution < 1.29 is 14.3 Å². The summed E-state index contributed by atoms with van der Waals surface area (Å²) < 4.78 is 4.93. The van der Waals surface area contributed by atoms with Gasteiger partial charge >= 0.3 is 0 Å². The van der Waals surface area contributed by atoms with Crippen molar-refractivity contribution >= 4 is 23.2 Å². The van der Waals surface area contributed by atoms with E-state index in [9.17, 15) is 9.59 Å². The third-order valence-electron chi connectivity index (χ3n) is 4.95. The highest BCUT2D eigenvalue weighted by molar-refractivity contribution is 6.06. The number of carbonyl (C=O) groups is 2. The van der Waals surface area contributed by atoms with Crippen molar-refractivity contribution in [3.8, 4) is 0 Å². The maximum absolute atomic E-state index is 12.8. The molecule has 2 aromatic rings. The number of benzene rings is 2. The van der Waals surface area contributed by atoms with Crippen molar-refractivity contribution in [2.75, 3.05) is 24.4 Å². The first-order valence-corrected chi connectivity index (χ1v) is 9.40. The molecule has 0 bridgehead atoms. The van der Waals surface area contributed by atoms with E-state index in [2.05, 4.69) is 16.7 Å². The van der Waals surface area contributed by atoms with Gasteiger partial charge in [-0.2, -0.15) is 0 Å². The van der Waals surface area contributed by atoms with Crippen LogP contribution in [-0.2, 0) is 22.4 Å². The van der Waals surface area contributed by atoms with Gasteiger partial charge in [-0.05, 0) is 67.5 Å². The lowest BCUT2D eigenvalue weighted by Crippen LogP contribution is -2.17. The van der Waals surface area contributed by atoms with E-state index in [1.807, 2.05) is 25.1 Å². The van der Waals surface area contributed by atoms with Gasteiger partial charge in [-0.1, -0.05) is 18.2 Å². The van der Waals surface area contributed by atoms with Crippen molar-refractivity contribution in [1.82, 2.24) is 0 Å². The SMILES string of the molecule is COCCC(=O)Nc1cc(C(=O)Nc2cccc3c2CCCC3)ccc1C. The average Bonchev–Trinajstić information content (AvgIpc) is 2.68. The molecule has 0 aliphatic heterocycles. The van der Waals surface area contributed by atoms with Gasteiger partial charge in [-0.3, -0.25) is 9.59 Å². The quantitative estimate of drug-likeness (QED) is 0.809. The molecule has 2 amide bonds. The molecule has 5 heteroatoms. The van der Waals surface area contributed by atoms with Crippen molar-refractivity contribution in [3.05, 3.63) is 58.7 Å². The molecule has 0 heterocycles. The second-order valence-electron chi connectivity index (χ2n) is 6.93. The fraction of sp³-hybridized carbons (Fsp3) is 0.364. The monoisotopic (exact) mass is 366 g/mol. The fourth-order valence-electron chi connectivity index (χ4n) is 3.40. The highest BCUT2D eigenvalue weighted by Gasteiger charge is 2.16. The van der Waals surface area contributed by atoms with Crippen LogP contribution in [0, 0.1) is 6.92 Å². The number of ether oxygens (including phenoxy) is 1. The molecule has 0 saturated heterocycles. The third kappa shape index (κ3) is 4.74. The number of amides is 2. The molecule has 0 spiro atoms. The summed E-state index contributed by atoms with van der Waals surface area (Å²) in [5, 5.41) is 5.90. The molecule has 0 radical (unpaired) electrons. The first-order valence-electron chi connectivity index (χ1n) is 9.40. The maximum atomic E-state index is 12.8. The van der Waals surface area contributed by atoms with Crippen molar-refractivity contribution in [2.24, 2.45) is 0 Å². The Morgan fingerprint density at radius 1 is 1.04 bits per heavy atom. The maximum Gasteiger partial charge on any atom is 0.255 e. The molecule has 0 atom stereocenters. The molecule has 2 N–H and O–H groups in total. The number of fused-ring (bicyclic) bond motifs is 1. The molecule has 142 valence electrons. The van der Waals surface area contributed by atoms with Crippen LogP contribution in [0.3, 0.4) is 0 Å². The molecule has 0 fully saturated rings. The van der Waals surface area contributed by atoms with Crippen LogP contribution in [0.5, 0.6) is 0 Å². The lowest BCUT2D eigenvalue weighted by atomic mass is 9.90. The van der Waals surface area contributed by atoms with E-state index in [1.54, 1.807) is 19.2 Å². The molecule has 5 nitrogen and oxygen atoms in total. The zero-order valence-electron chi connectivity index (χ0n) is 15.9. The Labute approximate surface area is 160 Å². The summed E-state index contributed by atoms with van der Waals surface area (Å²) >= 11 is 0. The molecule has 0 unspecified atom stereocenters. The van der Waals surface area contributed by atoms with E-state index in [0.717, 1.165) is 30.5 Å². The number of anilines is 2. The number of carbonyl (C=O) groups excluding carboxylic acids is 2. The average molecular weight is 366 g/mol. The molecule has 1 aliphatic carbocycles. The Bertz CT molecular complexity index is 845. The Morgan fingerprint density at radius 2 is 1.85 bits per heavy atom. The summed E-state index contributed by atoms with van der Waals surface area (Å²) in [5.74, 6) is -0.295. The van der Waals surface area contributed by atoms with Crippen LogP contribution in [0.25, 0.3) is 0 Å². The van der Waals surface area contributed by atoms with E-state index in [1.165, 1.54) is 17.5 Å². The second-order valence-corrected chi connectivity index (χ2v) is 6.93. The van der Waals surface area contributed by atoms with Gasteiger partial charge in [0.25, 0.3) is 5.91 Å². The van der Waals surface area contributed by atoms with Crippen LogP contribution < -0.4 is 10.6 Å². The molecular formula is C22H26N2O3. The van der Waals surface area contributed by atoms with Gasteiger partial charge in [-0.25, -0.2) is 0 Å². The topological polar surface area (TPSA) is 67.4 Å². The van der Waals surface area contributed by atoms with Gasteiger partial charge in [0.2, 0.25) is 5.91 Å². The highest BCUT2D eigenvalue weighted by Crippen LogP contribution is 2.28. The summed E-state index contributed by atoms with van der Waals surface area (Å²) in [6.45, 7) is 2.27. The molecule has 0 saturated carbocycles. The Kier molecular flexibility index (Phi) is 6.24. The largest absolute Gasteiger partial charge is 0.384 e. The predicted octanol–water partition coefficient (Wildman–Crippen LogP) is 4.10. The highest BCUT2D eigenvalue weighted by atomic mass is 16.5. The van der Waals surface area contributed by atoms with E-state index >= 15 is 0 Å². The summed E-state index contributed by atoms with van der Waals surface area (Å²) in [5.41, 5.74) is 5.55. The first kappa shape index (κ1) is 19.1. The van der Waals surface area contributed by atoms with Crippen LogP contribution in [0.4, 0.5) is 11.4 Å². The van der Waals surface area contributed by atoms with Crippen LogP contribution in [-0.4, -0.2) is 25.5 Å². The zero-order valence-corrected chi connectivity index (χ0v) is 15.9. The molecule has 27 heavy (non-hydrogen) atoms. The van der Waals surface area contributed by atoms with Crippen molar-refractivity contribution in [3.63, 3.8) is 0 Å². The summed E-state index contributed by atoms with van der Waals surface area (Å²) in [7, 11) is 1.56. The van der Waals surface area contributed by atoms with Gasteiger partial charge in [0.15, 0.2) is 0 Å². The first-order chi connectivity index (χ1) is 13.1. The number of rotatable bonds is 6. The number of hydrogen-bond acceptors (Lipinski definition) is 3. The van der Waals surface area contributed by atoms with Gasteiger partial charge < -0.3 is 15.4 Å². The van der Waals surface area contributed by atoms with Gasteiger partial charge in [0.05, 0.1) is 13.0 Å². The van der Waals surface area contributed by atoms with Crippen molar-refractivity contribution in [2.45, 2.75) is 39.0 Å². The fourth-order valence-corrected chi connectivity index (χ4v) is 3.40. The Balaban J connectivity index is 1.76. The van der Waals surface area contributed by atoms with Crippen LogP contribution in [0.1, 0.15) is 46.3 Å². The number of nitrogens with one attached hydrogen (secondary N) is 2. The smallest absolute Gasteiger partial charge is 0.255 e. The van der Waals surface area contributed by atoms with Gasteiger partial charge in [0.1, 0.15) is 0 Å². The molecular weight excluding hydrogens is 340 g/mol. The molecule has 0 aromatic heterocycles. The Hall–Kier alpha value is -2.66. The van der Waals surface area contributed by atoms with Crippen LogP contribution in [0.15, 0.2) is 36.4 Å². The molecule has 3 rings (SSSR count). The lowest BCUT2D eigenvalue weighted by molar-refractivity contribution is -0.117. The van der Waals surface area contributed by atoms with Crippen LogP contribution >= 0.6 is 0 Å². The molecule has 1 aliphatic rings. The van der Waals surface area contributed by atoms with E-state index < -0.39 is 0 Å². The standard InChI is InChI=1S/C22H26N2O3/c1-15-10-11-17(14-20(15)23-21(25)12-13-27-2)22(26)24-19-9-5-7-16-6-3-4-8-18(16)19/h5,7,9-11,14H,3-4,6,8,12-13H2,1-2H3,(H,23,25)(H,24,26). The minimum Gasteiger partial charge on any atom is -0.384 e. The number of aryl methyl sites for hydroxylation is 2. The number of methoxy groups -OCH3 is 1. The van der Waals surface area contributed by atoms with E-state index in [4.69, 9.17) is 4.74 Å². The van der Waals surface area contributed by atoms with Gasteiger partial charge in [0, 0.05) is 24.0 Å². The predicted molar refractivity (Wildman–Crippen MR) is 107 cm³/mol. The van der Waals surface area contributed by atoms with Gasteiger partial charge in [-0.15, -0.1) is 0 Å². The lowest BCUT2D eigenvalue weighted by Gasteiger charge is -2.19. The normalized spacial score (nSPS) is 13.0. The summed E-state index contributed by atoms with van der Waals surface area (Å²) in [4.78, 5) is 24.7. The van der Waals surface area contributed by atoms with Crippen molar-refractivity contribution in [1.29, 1.82) is 0 Å². The van der Waals surface area contributed by atoms with E-state index in [-0.39, 0.29) is 18.2 Å². The number of hydrogen-bond donors (Lipinski definition) is 2. The zero-order chi connectivity index (χ0) is 19.2.